The average molecular weight is 430 g/mol. The highest BCUT2D eigenvalue weighted by Gasteiger charge is 2.26. The molecule has 1 fully saturated rings. The van der Waals surface area contributed by atoms with Gasteiger partial charge >= 0.3 is 5.97 Å². The van der Waals surface area contributed by atoms with Crippen molar-refractivity contribution in [2.75, 3.05) is 11.4 Å². The van der Waals surface area contributed by atoms with Gasteiger partial charge in [-0.15, -0.1) is 11.3 Å². The normalized spacial score (nSPS) is 14.9. The molecule has 1 aromatic carbocycles. The third kappa shape index (κ3) is 4.09. The maximum Gasteiger partial charge on any atom is 0.348 e. The van der Waals surface area contributed by atoms with E-state index in [-0.39, 0.29) is 17.4 Å². The minimum absolute atomic E-state index is 0.0199. The van der Waals surface area contributed by atoms with Gasteiger partial charge in [-0.1, -0.05) is 24.6 Å². The van der Waals surface area contributed by atoms with E-state index < -0.39 is 0 Å². The molecule has 0 amide bonds. The number of carbonyl (C=O) groups excluding carboxylic acids is 1. The first-order chi connectivity index (χ1) is 14.1. The summed E-state index contributed by atoms with van der Waals surface area (Å²) in [7, 11) is 0. The molecule has 2 aromatic heterocycles. The van der Waals surface area contributed by atoms with Crippen LogP contribution < -0.4 is 4.90 Å². The minimum Gasteiger partial charge on any atom is -0.458 e. The van der Waals surface area contributed by atoms with Crippen molar-refractivity contribution >= 4 is 50.6 Å². The Bertz CT molecular complexity index is 1020. The van der Waals surface area contributed by atoms with Crippen LogP contribution in [0.2, 0.25) is 5.28 Å². The Labute approximate surface area is 179 Å². The van der Waals surface area contributed by atoms with Crippen molar-refractivity contribution in [3.8, 4) is 0 Å². The molecule has 3 aromatic rings. The summed E-state index contributed by atoms with van der Waals surface area (Å²) in [6, 6.07) is 10.0. The SMILES string of the molecule is CCN(c1ccccc1)c1nc(Cl)nc2sc(C(=O)OC3CCCCC3)c(C)c12. The quantitative estimate of drug-likeness (QED) is 0.351. The molecule has 4 rings (SSSR count). The number of esters is 1. The summed E-state index contributed by atoms with van der Waals surface area (Å²) in [6.45, 7) is 4.72. The molecule has 0 bridgehead atoms. The van der Waals surface area contributed by atoms with Crippen molar-refractivity contribution < 1.29 is 9.53 Å². The smallest absolute Gasteiger partial charge is 0.348 e. The van der Waals surface area contributed by atoms with Crippen molar-refractivity contribution in [3.63, 3.8) is 0 Å². The molecule has 0 atom stereocenters. The highest BCUT2D eigenvalue weighted by atomic mass is 35.5. The first-order valence-electron chi connectivity index (χ1n) is 10.1. The lowest BCUT2D eigenvalue weighted by molar-refractivity contribution is 0.0216. The van der Waals surface area contributed by atoms with Crippen LogP contribution in [-0.2, 0) is 4.74 Å². The fourth-order valence-corrected chi connectivity index (χ4v) is 5.21. The van der Waals surface area contributed by atoms with Gasteiger partial charge < -0.3 is 9.64 Å². The van der Waals surface area contributed by atoms with Crippen LogP contribution in [0.3, 0.4) is 0 Å². The highest BCUT2D eigenvalue weighted by Crippen LogP contribution is 2.39. The average Bonchev–Trinajstić information content (AvgIpc) is 3.06. The summed E-state index contributed by atoms with van der Waals surface area (Å²) < 4.78 is 5.81. The molecule has 29 heavy (non-hydrogen) atoms. The van der Waals surface area contributed by atoms with Gasteiger partial charge in [0.2, 0.25) is 5.28 Å². The van der Waals surface area contributed by atoms with Crippen LogP contribution in [0.4, 0.5) is 11.5 Å². The standard InChI is InChI=1S/C22H24ClN3O2S/c1-3-26(15-10-6-4-7-11-15)19-17-14(2)18(29-20(17)25-22(23)24-19)21(27)28-16-12-8-5-9-13-16/h4,6-7,10-11,16H,3,5,8-9,12-13H2,1-2H3. The summed E-state index contributed by atoms with van der Waals surface area (Å²) in [5.41, 5.74) is 1.87. The number of halogens is 1. The second-order valence-electron chi connectivity index (χ2n) is 7.30. The maximum atomic E-state index is 12.9. The lowest BCUT2D eigenvalue weighted by atomic mass is 9.98. The molecule has 0 aliphatic heterocycles. The van der Waals surface area contributed by atoms with E-state index in [0.29, 0.717) is 16.3 Å². The van der Waals surface area contributed by atoms with Crippen molar-refractivity contribution in [2.45, 2.75) is 52.1 Å². The molecule has 0 N–H and O–H groups in total. The van der Waals surface area contributed by atoms with Crippen molar-refractivity contribution in [2.24, 2.45) is 0 Å². The van der Waals surface area contributed by atoms with Crippen molar-refractivity contribution in [1.29, 1.82) is 0 Å². The number of thiophene rings is 1. The fraction of sp³-hybridized carbons (Fsp3) is 0.409. The lowest BCUT2D eigenvalue weighted by Crippen LogP contribution is -2.20. The van der Waals surface area contributed by atoms with Gasteiger partial charge in [0, 0.05) is 12.2 Å². The molecular weight excluding hydrogens is 406 g/mol. The number of benzene rings is 1. The van der Waals surface area contributed by atoms with E-state index in [1.54, 1.807) is 0 Å². The van der Waals surface area contributed by atoms with Gasteiger partial charge in [-0.05, 0) is 68.8 Å². The van der Waals surface area contributed by atoms with E-state index in [1.807, 2.05) is 37.3 Å². The van der Waals surface area contributed by atoms with Crippen LogP contribution in [0.1, 0.15) is 54.3 Å². The third-order valence-electron chi connectivity index (χ3n) is 5.39. The summed E-state index contributed by atoms with van der Waals surface area (Å²) >= 11 is 7.59. The number of fused-ring (bicyclic) bond motifs is 1. The predicted molar refractivity (Wildman–Crippen MR) is 119 cm³/mol. The van der Waals surface area contributed by atoms with Crippen LogP contribution in [0.15, 0.2) is 30.3 Å². The number of para-hydroxylation sites is 1. The van der Waals surface area contributed by atoms with Crippen LogP contribution in [0, 0.1) is 6.92 Å². The second-order valence-corrected chi connectivity index (χ2v) is 8.63. The van der Waals surface area contributed by atoms with Crippen LogP contribution in [-0.4, -0.2) is 28.6 Å². The Morgan fingerprint density at radius 2 is 1.93 bits per heavy atom. The molecule has 0 saturated heterocycles. The van der Waals surface area contributed by atoms with Gasteiger partial charge in [-0.3, -0.25) is 0 Å². The number of hydrogen-bond donors (Lipinski definition) is 0. The van der Waals surface area contributed by atoms with Crippen LogP contribution in [0.5, 0.6) is 0 Å². The summed E-state index contributed by atoms with van der Waals surface area (Å²) in [6.07, 6.45) is 5.38. The predicted octanol–water partition coefficient (Wildman–Crippen LogP) is 6.30. The Hall–Kier alpha value is -2.18. The number of aryl methyl sites for hydroxylation is 1. The van der Waals surface area contributed by atoms with Gasteiger partial charge in [0.15, 0.2) is 0 Å². The molecule has 1 aliphatic rings. The third-order valence-corrected chi connectivity index (χ3v) is 6.73. The number of aromatic nitrogens is 2. The molecule has 0 unspecified atom stereocenters. The zero-order valence-corrected chi connectivity index (χ0v) is 18.2. The van der Waals surface area contributed by atoms with Gasteiger partial charge in [-0.25, -0.2) is 9.78 Å². The molecule has 1 saturated carbocycles. The maximum absolute atomic E-state index is 12.9. The van der Waals surface area contributed by atoms with E-state index >= 15 is 0 Å². The Morgan fingerprint density at radius 3 is 2.62 bits per heavy atom. The zero-order valence-electron chi connectivity index (χ0n) is 16.7. The molecular formula is C22H24ClN3O2S. The molecule has 5 nitrogen and oxygen atoms in total. The number of carbonyl (C=O) groups is 1. The van der Waals surface area contributed by atoms with Crippen molar-refractivity contribution in [3.05, 3.63) is 46.1 Å². The van der Waals surface area contributed by atoms with Crippen LogP contribution in [0.25, 0.3) is 10.2 Å². The molecule has 152 valence electrons. The van der Waals surface area contributed by atoms with Gasteiger partial charge in [0.25, 0.3) is 0 Å². The number of ether oxygens (including phenoxy) is 1. The Balaban J connectivity index is 1.75. The van der Waals surface area contributed by atoms with E-state index in [2.05, 4.69) is 21.8 Å². The van der Waals surface area contributed by atoms with E-state index in [4.69, 9.17) is 16.3 Å². The first kappa shape index (κ1) is 20.1. The molecule has 0 radical (unpaired) electrons. The highest BCUT2D eigenvalue weighted by molar-refractivity contribution is 7.20. The Morgan fingerprint density at radius 1 is 1.21 bits per heavy atom. The van der Waals surface area contributed by atoms with E-state index in [9.17, 15) is 4.79 Å². The van der Waals surface area contributed by atoms with Crippen LogP contribution >= 0.6 is 22.9 Å². The fourth-order valence-electron chi connectivity index (χ4n) is 3.93. The van der Waals surface area contributed by atoms with Gasteiger partial charge in [-0.2, -0.15) is 4.98 Å². The lowest BCUT2D eigenvalue weighted by Gasteiger charge is -2.23. The van der Waals surface area contributed by atoms with E-state index in [1.165, 1.54) is 17.8 Å². The summed E-state index contributed by atoms with van der Waals surface area (Å²) in [5, 5.41) is 1.04. The molecule has 7 heteroatoms. The number of rotatable bonds is 5. The van der Waals surface area contributed by atoms with Crippen molar-refractivity contribution in [1.82, 2.24) is 9.97 Å². The molecule has 1 aliphatic carbocycles. The van der Waals surface area contributed by atoms with E-state index in [0.717, 1.165) is 48.1 Å². The first-order valence-corrected chi connectivity index (χ1v) is 11.3. The topological polar surface area (TPSA) is 55.3 Å². The number of anilines is 2. The zero-order chi connectivity index (χ0) is 20.4. The summed E-state index contributed by atoms with van der Waals surface area (Å²) in [4.78, 5) is 25.2. The molecule has 2 heterocycles. The van der Waals surface area contributed by atoms with Gasteiger partial charge in [0.05, 0.1) is 5.39 Å². The number of nitrogens with zero attached hydrogens (tertiary/aromatic N) is 3. The summed E-state index contributed by atoms with van der Waals surface area (Å²) in [5.74, 6) is 0.460. The number of hydrogen-bond acceptors (Lipinski definition) is 6. The van der Waals surface area contributed by atoms with Gasteiger partial charge in [0.1, 0.15) is 21.6 Å². The minimum atomic E-state index is -0.262. The monoisotopic (exact) mass is 429 g/mol. The Kier molecular flexibility index (Phi) is 6.01. The second kappa shape index (κ2) is 8.67. The molecule has 0 spiro atoms. The largest absolute Gasteiger partial charge is 0.458 e.